The summed E-state index contributed by atoms with van der Waals surface area (Å²) in [6, 6.07) is 1.76. The molecule has 2 aliphatic heterocycles. The average Bonchev–Trinajstić information content (AvgIpc) is 3.70. The zero-order valence-corrected chi connectivity index (χ0v) is 32.0. The van der Waals surface area contributed by atoms with Gasteiger partial charge in [-0.15, -0.1) is 6.58 Å². The molecule has 9 atom stereocenters. The highest BCUT2D eigenvalue weighted by molar-refractivity contribution is 6.18. The summed E-state index contributed by atoms with van der Waals surface area (Å²) in [7, 11) is 1.77. The fourth-order valence-corrected chi connectivity index (χ4v) is 12.8. The molecule has 2 aromatic rings. The van der Waals surface area contributed by atoms with E-state index in [0.717, 1.165) is 58.9 Å². The minimum absolute atomic E-state index is 0.0250. The number of allylic oxidation sites excluding steroid dienone is 1. The number of carbonyl (C=O) groups is 2. The van der Waals surface area contributed by atoms with Gasteiger partial charge in [0, 0.05) is 47.0 Å². The van der Waals surface area contributed by atoms with Crippen molar-refractivity contribution in [2.24, 2.45) is 28.6 Å². The molecule has 7 nitrogen and oxygen atoms in total. The number of aromatic nitrogens is 1. The van der Waals surface area contributed by atoms with E-state index in [1.165, 1.54) is 11.3 Å². The molecule has 7 heteroatoms. The van der Waals surface area contributed by atoms with Crippen molar-refractivity contribution in [3.05, 3.63) is 77.0 Å². The lowest BCUT2D eigenvalue weighted by Crippen LogP contribution is -2.62. The van der Waals surface area contributed by atoms with Crippen molar-refractivity contribution in [3.8, 4) is 0 Å². The first-order chi connectivity index (χ1) is 23.7. The van der Waals surface area contributed by atoms with Crippen molar-refractivity contribution < 1.29 is 24.5 Å². The molecule has 0 spiro atoms. The van der Waals surface area contributed by atoms with Crippen molar-refractivity contribution in [3.63, 3.8) is 0 Å². The van der Waals surface area contributed by atoms with E-state index in [2.05, 4.69) is 78.3 Å². The van der Waals surface area contributed by atoms with Crippen molar-refractivity contribution in [2.75, 3.05) is 13.6 Å². The normalized spacial score (nSPS) is 38.2. The summed E-state index contributed by atoms with van der Waals surface area (Å²) >= 11 is 0. The Morgan fingerprint density at radius 2 is 1.82 bits per heavy atom. The highest BCUT2D eigenvalue weighted by atomic mass is 16.5. The Hall–Kier alpha value is -3.26. The molecule has 4 aliphatic carbocycles. The van der Waals surface area contributed by atoms with E-state index in [0.29, 0.717) is 24.4 Å². The van der Waals surface area contributed by atoms with E-state index < -0.39 is 34.9 Å². The number of rotatable bonds is 5. The number of hydrogen-bond donors (Lipinski definition) is 2. The van der Waals surface area contributed by atoms with Gasteiger partial charge in [0.1, 0.15) is 6.04 Å². The van der Waals surface area contributed by atoms with Crippen molar-refractivity contribution in [1.82, 2.24) is 9.47 Å². The third kappa shape index (κ3) is 4.23. The van der Waals surface area contributed by atoms with Crippen LogP contribution in [0.15, 0.2) is 49.1 Å². The maximum Gasteiger partial charge on any atom is 0.246 e. The number of ketones is 1. The molecule has 1 aromatic heterocycles. The van der Waals surface area contributed by atoms with E-state index in [4.69, 9.17) is 4.74 Å². The quantitative estimate of drug-likeness (QED) is 0.247. The molecule has 2 fully saturated rings. The summed E-state index contributed by atoms with van der Waals surface area (Å²) in [4.78, 5) is 29.6. The van der Waals surface area contributed by atoms with E-state index in [9.17, 15) is 19.8 Å². The molecule has 0 bridgehead atoms. The van der Waals surface area contributed by atoms with Gasteiger partial charge in [-0.3, -0.25) is 9.59 Å². The lowest BCUT2D eigenvalue weighted by Gasteiger charge is -2.64. The molecule has 2 saturated carbocycles. The summed E-state index contributed by atoms with van der Waals surface area (Å²) in [5, 5.41) is 25.0. The molecule has 2 N–H and O–H groups in total. The largest absolute Gasteiger partial charge is 0.392 e. The van der Waals surface area contributed by atoms with Crippen LogP contribution in [0.4, 0.5) is 0 Å². The molecule has 0 radical (unpaired) electrons. The number of aliphatic hydroxyl groups is 2. The van der Waals surface area contributed by atoms with E-state index >= 15 is 0 Å². The lowest BCUT2D eigenvalue weighted by atomic mass is 9.40. The first-order valence-corrected chi connectivity index (χ1v) is 19.0. The second kappa shape index (κ2) is 10.7. The second-order valence-corrected chi connectivity index (χ2v) is 18.7. The third-order valence-electron chi connectivity index (χ3n) is 15.0. The molecule has 2 unspecified atom stereocenters. The summed E-state index contributed by atoms with van der Waals surface area (Å²) < 4.78 is 8.88. The fraction of sp³-hybridized carbons (Fsp3) is 0.591. The maximum atomic E-state index is 14.9. The Labute approximate surface area is 303 Å². The molecule has 3 heterocycles. The van der Waals surface area contributed by atoms with Crippen LogP contribution in [0.5, 0.6) is 0 Å². The summed E-state index contributed by atoms with van der Waals surface area (Å²) in [6.45, 7) is 25.8. The van der Waals surface area contributed by atoms with Crippen LogP contribution in [0, 0.1) is 28.6 Å². The van der Waals surface area contributed by atoms with Gasteiger partial charge >= 0.3 is 0 Å². The van der Waals surface area contributed by atoms with Crippen molar-refractivity contribution in [1.29, 1.82) is 0 Å². The molecular weight excluding hydrogens is 636 g/mol. The van der Waals surface area contributed by atoms with Gasteiger partial charge in [-0.05, 0) is 119 Å². The highest BCUT2D eigenvalue weighted by Crippen LogP contribution is 2.71. The van der Waals surface area contributed by atoms with Crippen LogP contribution in [0.3, 0.4) is 0 Å². The Kier molecular flexibility index (Phi) is 7.28. The second-order valence-electron chi connectivity index (χ2n) is 18.7. The predicted molar refractivity (Wildman–Crippen MR) is 201 cm³/mol. The van der Waals surface area contributed by atoms with Gasteiger partial charge in [-0.2, -0.15) is 0 Å². The summed E-state index contributed by atoms with van der Waals surface area (Å²) in [5.41, 5.74) is 5.54. The SMILES string of the molecule is C=CCN(C)C(=O)/C=C/[C@]1(C)[C@@H](O)CC[C@@]2(C)[C@H]1CCC1Cc3c(n4c5c(c6c(cc35)C3=CC(C)(C)OC(C)(C)C3[C@@H]6O)C(=O)[C@@H]4C(=C)C)[C@@]12C. The number of amides is 1. The van der Waals surface area contributed by atoms with Crippen LogP contribution < -0.4 is 0 Å². The lowest BCUT2D eigenvalue weighted by molar-refractivity contribution is -0.145. The first kappa shape index (κ1) is 34.8. The number of nitrogens with zero attached hydrogens (tertiary/aromatic N) is 2. The van der Waals surface area contributed by atoms with Crippen molar-refractivity contribution in [2.45, 2.75) is 122 Å². The standard InChI is InChI=1S/C44H56N2O5/c1-12-19-45(11)31(48)16-17-42(8)29-14-13-24-20-27-26-21-25-28-22-40(4,5)51-41(6,7)34(28)37(49)32(25)33-36(26)46(35(23(2)3)38(33)50)39(27)44(24,10)43(29,9)18-15-30(42)47/h12,16-17,21-22,24,29-30,34-35,37,47,49H,1-2,13-15,18-20H2,3-11H3/b17-16+/t24?,29-,30-,34?,35-,37+,42-,43-,44+/m0/s1. The molecular formula is C44H56N2O5. The topological polar surface area (TPSA) is 92.0 Å². The number of benzene rings is 1. The highest BCUT2D eigenvalue weighted by Gasteiger charge is 2.68. The maximum absolute atomic E-state index is 14.9. The summed E-state index contributed by atoms with van der Waals surface area (Å²) in [6.07, 6.45) is 10.5. The number of hydrogen-bond acceptors (Lipinski definition) is 5. The van der Waals surface area contributed by atoms with Crippen LogP contribution in [-0.4, -0.2) is 62.3 Å². The summed E-state index contributed by atoms with van der Waals surface area (Å²) in [5.74, 6) is 0.146. The van der Waals surface area contributed by atoms with Crippen LogP contribution in [0.25, 0.3) is 16.5 Å². The molecule has 8 rings (SSSR count). The third-order valence-corrected chi connectivity index (χ3v) is 15.0. The smallest absolute Gasteiger partial charge is 0.246 e. The zero-order valence-electron chi connectivity index (χ0n) is 32.0. The molecule has 0 saturated heterocycles. The molecule has 1 aromatic carbocycles. The van der Waals surface area contributed by atoms with Crippen LogP contribution in [-0.2, 0) is 21.4 Å². The Morgan fingerprint density at radius 3 is 2.49 bits per heavy atom. The van der Waals surface area contributed by atoms with Crippen LogP contribution in [0.2, 0.25) is 0 Å². The van der Waals surface area contributed by atoms with Gasteiger partial charge in [0.25, 0.3) is 0 Å². The minimum Gasteiger partial charge on any atom is -0.392 e. The molecule has 272 valence electrons. The molecule has 51 heavy (non-hydrogen) atoms. The van der Waals surface area contributed by atoms with Crippen LogP contribution in [0.1, 0.15) is 126 Å². The van der Waals surface area contributed by atoms with E-state index in [1.54, 1.807) is 24.1 Å². The van der Waals surface area contributed by atoms with Gasteiger partial charge in [-0.25, -0.2) is 0 Å². The fourth-order valence-electron chi connectivity index (χ4n) is 12.8. The first-order valence-electron chi connectivity index (χ1n) is 19.0. The predicted octanol–water partition coefficient (Wildman–Crippen LogP) is 7.80. The number of likely N-dealkylation sites (N-methyl/N-ethyl adjacent to an activating group) is 1. The minimum atomic E-state index is -0.858. The Bertz CT molecular complexity index is 2010. The van der Waals surface area contributed by atoms with E-state index in [-0.39, 0.29) is 34.4 Å². The Morgan fingerprint density at radius 1 is 1.12 bits per heavy atom. The number of aliphatic hydroxyl groups excluding tert-OH is 2. The number of carbonyl (C=O) groups excluding carboxylic acids is 2. The Balaban J connectivity index is 1.34. The number of fused-ring (bicyclic) bond motifs is 11. The van der Waals surface area contributed by atoms with E-state index in [1.807, 2.05) is 13.0 Å². The zero-order chi connectivity index (χ0) is 37.0. The monoisotopic (exact) mass is 692 g/mol. The van der Waals surface area contributed by atoms with Crippen molar-refractivity contribution >= 4 is 28.2 Å². The van der Waals surface area contributed by atoms with Gasteiger partial charge in [0.15, 0.2) is 5.78 Å². The number of ether oxygens (including phenoxy) is 1. The van der Waals surface area contributed by atoms with Gasteiger partial charge in [0.05, 0.1) is 34.5 Å². The molecule has 6 aliphatic rings. The average molecular weight is 693 g/mol. The van der Waals surface area contributed by atoms with Gasteiger partial charge in [0.2, 0.25) is 5.91 Å². The van der Waals surface area contributed by atoms with Crippen LogP contribution >= 0.6 is 0 Å². The van der Waals surface area contributed by atoms with Gasteiger partial charge in [-0.1, -0.05) is 45.1 Å². The molecule has 1 amide bonds. The van der Waals surface area contributed by atoms with Gasteiger partial charge < -0.3 is 24.4 Å². The number of Topliss-reactive ketones (excluding diaryl/α,β-unsaturated/α-hetero) is 1.